The smallest absolute Gasteiger partial charge is 0.0467 e. The third-order valence-corrected chi connectivity index (χ3v) is 4.17. The molecule has 2 aromatic rings. The van der Waals surface area contributed by atoms with Crippen LogP contribution in [0.15, 0.2) is 47.8 Å². The molecule has 0 aliphatic heterocycles. The highest BCUT2D eigenvalue weighted by Crippen LogP contribution is 2.19. The largest absolute Gasteiger partial charge is 0.329 e. The molecule has 0 aliphatic carbocycles. The molecule has 1 heterocycles. The van der Waals surface area contributed by atoms with E-state index >= 15 is 0 Å². The summed E-state index contributed by atoms with van der Waals surface area (Å²) < 4.78 is 0. The molecule has 0 saturated heterocycles. The highest BCUT2D eigenvalue weighted by molar-refractivity contribution is 7.09. The summed E-state index contributed by atoms with van der Waals surface area (Å²) in [5.74, 6) is 0. The van der Waals surface area contributed by atoms with Gasteiger partial charge in [-0.3, -0.25) is 4.90 Å². The summed E-state index contributed by atoms with van der Waals surface area (Å²) >= 11 is 1.82. The number of benzene rings is 1. The predicted octanol–water partition coefficient (Wildman–Crippen LogP) is 2.92. The van der Waals surface area contributed by atoms with Gasteiger partial charge in [-0.1, -0.05) is 36.4 Å². The predicted molar refractivity (Wildman–Crippen MR) is 78.9 cm³/mol. The van der Waals surface area contributed by atoms with Crippen LogP contribution in [0.25, 0.3) is 0 Å². The van der Waals surface area contributed by atoms with E-state index in [2.05, 4.69) is 53.7 Å². The molecule has 0 aliphatic rings. The van der Waals surface area contributed by atoms with Crippen LogP contribution in [0.2, 0.25) is 0 Å². The van der Waals surface area contributed by atoms with Crippen molar-refractivity contribution < 1.29 is 0 Å². The van der Waals surface area contributed by atoms with Gasteiger partial charge in [0.1, 0.15) is 0 Å². The SMILES string of the molecule is CN(CCc1cccs1)C(CN)c1ccccc1. The molecule has 1 unspecified atom stereocenters. The number of nitrogens with zero attached hydrogens (tertiary/aromatic N) is 1. The van der Waals surface area contributed by atoms with Crippen molar-refractivity contribution in [2.75, 3.05) is 20.1 Å². The molecule has 0 saturated carbocycles. The maximum atomic E-state index is 5.92. The van der Waals surface area contributed by atoms with Crippen LogP contribution in [0.5, 0.6) is 0 Å². The van der Waals surface area contributed by atoms with Crippen molar-refractivity contribution in [1.82, 2.24) is 4.90 Å². The number of thiophene rings is 1. The molecular weight excluding hydrogens is 240 g/mol. The Bertz CT molecular complexity index is 439. The third-order valence-electron chi connectivity index (χ3n) is 3.23. The Morgan fingerprint density at radius 2 is 1.94 bits per heavy atom. The number of hydrogen-bond donors (Lipinski definition) is 1. The average Bonchev–Trinajstić information content (AvgIpc) is 2.92. The van der Waals surface area contributed by atoms with Crippen LogP contribution < -0.4 is 5.73 Å². The van der Waals surface area contributed by atoms with E-state index in [0.717, 1.165) is 13.0 Å². The van der Waals surface area contributed by atoms with Gasteiger partial charge in [0.25, 0.3) is 0 Å². The van der Waals surface area contributed by atoms with E-state index < -0.39 is 0 Å². The fourth-order valence-electron chi connectivity index (χ4n) is 2.14. The normalized spacial score (nSPS) is 12.8. The van der Waals surface area contributed by atoms with Gasteiger partial charge in [-0.25, -0.2) is 0 Å². The Balaban J connectivity index is 1.95. The molecule has 1 aromatic carbocycles. The van der Waals surface area contributed by atoms with Crippen molar-refractivity contribution in [2.24, 2.45) is 5.73 Å². The van der Waals surface area contributed by atoms with E-state index in [1.165, 1.54) is 10.4 Å². The molecule has 18 heavy (non-hydrogen) atoms. The van der Waals surface area contributed by atoms with Gasteiger partial charge in [-0.15, -0.1) is 11.3 Å². The lowest BCUT2D eigenvalue weighted by Gasteiger charge is -2.27. The van der Waals surface area contributed by atoms with Gasteiger partial charge in [0.2, 0.25) is 0 Å². The quantitative estimate of drug-likeness (QED) is 0.865. The van der Waals surface area contributed by atoms with Crippen LogP contribution in [0, 0.1) is 0 Å². The minimum atomic E-state index is 0.311. The van der Waals surface area contributed by atoms with E-state index in [1.54, 1.807) is 0 Å². The molecule has 0 bridgehead atoms. The highest BCUT2D eigenvalue weighted by atomic mass is 32.1. The summed E-state index contributed by atoms with van der Waals surface area (Å²) in [6.45, 7) is 1.70. The van der Waals surface area contributed by atoms with E-state index in [1.807, 2.05) is 17.4 Å². The first-order chi connectivity index (χ1) is 8.81. The number of rotatable bonds is 6. The van der Waals surface area contributed by atoms with Gasteiger partial charge in [-0.05, 0) is 30.5 Å². The number of likely N-dealkylation sites (N-methyl/N-ethyl adjacent to an activating group) is 1. The summed E-state index contributed by atoms with van der Waals surface area (Å²) in [6, 6.07) is 15.1. The Kier molecular flexibility index (Phi) is 4.93. The lowest BCUT2D eigenvalue weighted by atomic mass is 10.1. The van der Waals surface area contributed by atoms with Crippen molar-refractivity contribution in [3.8, 4) is 0 Å². The number of hydrogen-bond acceptors (Lipinski definition) is 3. The molecule has 0 spiro atoms. The molecule has 1 aromatic heterocycles. The number of nitrogens with two attached hydrogens (primary N) is 1. The van der Waals surface area contributed by atoms with Gasteiger partial charge in [0, 0.05) is 24.0 Å². The van der Waals surface area contributed by atoms with Gasteiger partial charge < -0.3 is 5.73 Å². The summed E-state index contributed by atoms with van der Waals surface area (Å²) in [5, 5.41) is 2.13. The second-order valence-corrected chi connectivity index (χ2v) is 5.50. The molecule has 2 nitrogen and oxygen atoms in total. The van der Waals surface area contributed by atoms with Crippen LogP contribution in [0.3, 0.4) is 0 Å². The molecule has 3 heteroatoms. The first-order valence-electron chi connectivity index (χ1n) is 6.29. The minimum absolute atomic E-state index is 0.311. The Morgan fingerprint density at radius 3 is 2.56 bits per heavy atom. The fourth-order valence-corrected chi connectivity index (χ4v) is 2.84. The van der Waals surface area contributed by atoms with Gasteiger partial charge in [-0.2, -0.15) is 0 Å². The second kappa shape index (κ2) is 6.69. The zero-order valence-electron chi connectivity index (χ0n) is 10.8. The van der Waals surface area contributed by atoms with E-state index in [-0.39, 0.29) is 0 Å². The van der Waals surface area contributed by atoms with E-state index in [4.69, 9.17) is 5.73 Å². The summed E-state index contributed by atoms with van der Waals surface area (Å²) in [7, 11) is 2.15. The van der Waals surface area contributed by atoms with Crippen molar-refractivity contribution in [1.29, 1.82) is 0 Å². The summed E-state index contributed by atoms with van der Waals surface area (Å²) in [5.41, 5.74) is 7.22. The maximum absolute atomic E-state index is 5.92. The van der Waals surface area contributed by atoms with Gasteiger partial charge >= 0.3 is 0 Å². The van der Waals surface area contributed by atoms with Crippen LogP contribution in [0.4, 0.5) is 0 Å². The molecule has 96 valence electrons. The highest BCUT2D eigenvalue weighted by Gasteiger charge is 2.14. The lowest BCUT2D eigenvalue weighted by Crippen LogP contribution is -2.32. The maximum Gasteiger partial charge on any atom is 0.0467 e. The van der Waals surface area contributed by atoms with Crippen molar-refractivity contribution in [3.63, 3.8) is 0 Å². The van der Waals surface area contributed by atoms with Crippen molar-refractivity contribution >= 4 is 11.3 Å². The lowest BCUT2D eigenvalue weighted by molar-refractivity contribution is 0.254. The zero-order chi connectivity index (χ0) is 12.8. The standard InChI is InChI=1S/C15H20N2S/c1-17(10-9-14-8-5-11-18-14)15(12-16)13-6-3-2-4-7-13/h2-8,11,15H,9-10,12,16H2,1H3. The third kappa shape index (κ3) is 3.42. The molecule has 0 amide bonds. The topological polar surface area (TPSA) is 29.3 Å². The monoisotopic (exact) mass is 260 g/mol. The molecule has 0 radical (unpaired) electrons. The average molecular weight is 260 g/mol. The second-order valence-electron chi connectivity index (χ2n) is 4.47. The van der Waals surface area contributed by atoms with Crippen LogP contribution in [0.1, 0.15) is 16.5 Å². The van der Waals surface area contributed by atoms with Crippen LogP contribution in [-0.2, 0) is 6.42 Å². The molecule has 1 atom stereocenters. The van der Waals surface area contributed by atoms with Crippen LogP contribution >= 0.6 is 11.3 Å². The van der Waals surface area contributed by atoms with Crippen molar-refractivity contribution in [2.45, 2.75) is 12.5 Å². The van der Waals surface area contributed by atoms with Crippen molar-refractivity contribution in [3.05, 3.63) is 58.3 Å². The Labute approximate surface area is 113 Å². The summed E-state index contributed by atoms with van der Waals surface area (Å²) in [6.07, 6.45) is 1.09. The molecule has 0 fully saturated rings. The molecule has 2 rings (SSSR count). The van der Waals surface area contributed by atoms with E-state index in [0.29, 0.717) is 12.6 Å². The van der Waals surface area contributed by atoms with E-state index in [9.17, 15) is 0 Å². The van der Waals surface area contributed by atoms with Gasteiger partial charge in [0.05, 0.1) is 0 Å². The molecule has 2 N–H and O–H groups in total. The first-order valence-corrected chi connectivity index (χ1v) is 7.17. The van der Waals surface area contributed by atoms with Crippen LogP contribution in [-0.4, -0.2) is 25.0 Å². The summed E-state index contributed by atoms with van der Waals surface area (Å²) in [4.78, 5) is 3.78. The fraction of sp³-hybridized carbons (Fsp3) is 0.333. The van der Waals surface area contributed by atoms with Gasteiger partial charge in [0.15, 0.2) is 0 Å². The minimum Gasteiger partial charge on any atom is -0.329 e. The zero-order valence-corrected chi connectivity index (χ0v) is 11.6. The first kappa shape index (κ1) is 13.3. The Morgan fingerprint density at radius 1 is 1.17 bits per heavy atom. The molecular formula is C15H20N2S. The Hall–Kier alpha value is -1.16.